The molecule has 0 aromatic carbocycles. The zero-order valence-electron chi connectivity index (χ0n) is 5.78. The van der Waals surface area contributed by atoms with E-state index in [0.717, 1.165) is 11.9 Å². The molecule has 0 fully saturated rings. The van der Waals surface area contributed by atoms with Crippen LogP contribution in [0.25, 0.3) is 0 Å². The second-order valence-corrected chi connectivity index (χ2v) is 2.51. The van der Waals surface area contributed by atoms with Gasteiger partial charge in [-0.3, -0.25) is 4.98 Å². The predicted octanol–water partition coefficient (Wildman–Crippen LogP) is 2.49. The molecule has 0 saturated carbocycles. The smallest absolute Gasteiger partial charge is 0.160 e. The first-order valence-electron chi connectivity index (χ1n) is 2.90. The molecule has 54 valence electrons. The maximum atomic E-state index is 12.6. The molecule has 0 saturated heterocycles. The van der Waals surface area contributed by atoms with Crippen LogP contribution in [0.3, 0.4) is 0 Å². The van der Waals surface area contributed by atoms with Crippen LogP contribution in [0.4, 0.5) is 4.39 Å². The summed E-state index contributed by atoms with van der Waals surface area (Å²) in [6.07, 6.45) is 1.13. The van der Waals surface area contributed by atoms with Crippen LogP contribution < -0.4 is 0 Å². The van der Waals surface area contributed by atoms with Crippen LogP contribution in [-0.2, 0) is 0 Å². The number of aryl methyl sites for hydroxylation is 1. The summed E-state index contributed by atoms with van der Waals surface area (Å²) < 4.78 is 12.6. The lowest BCUT2D eigenvalue weighted by atomic mass is 10.2. The standard InChI is InChI=1S/C7H7ClFN/c1-4-5(2)10-3-6(9)7(4)8/h3H,1-2H3. The van der Waals surface area contributed by atoms with Gasteiger partial charge in [-0.15, -0.1) is 0 Å². The van der Waals surface area contributed by atoms with Crippen molar-refractivity contribution in [3.63, 3.8) is 0 Å². The number of hydrogen-bond acceptors (Lipinski definition) is 1. The highest BCUT2D eigenvalue weighted by Crippen LogP contribution is 2.19. The summed E-state index contributed by atoms with van der Waals surface area (Å²) in [5.41, 5.74) is 1.48. The summed E-state index contributed by atoms with van der Waals surface area (Å²) in [6.45, 7) is 3.54. The normalized spacial score (nSPS) is 10.0. The molecule has 0 spiro atoms. The van der Waals surface area contributed by atoms with Crippen molar-refractivity contribution in [2.75, 3.05) is 0 Å². The van der Waals surface area contributed by atoms with E-state index in [-0.39, 0.29) is 5.02 Å². The highest BCUT2D eigenvalue weighted by atomic mass is 35.5. The Morgan fingerprint density at radius 3 is 2.60 bits per heavy atom. The zero-order valence-corrected chi connectivity index (χ0v) is 6.54. The molecule has 1 nitrogen and oxygen atoms in total. The molecule has 0 bridgehead atoms. The third-order valence-corrected chi connectivity index (χ3v) is 1.92. The molecule has 0 unspecified atom stereocenters. The lowest BCUT2D eigenvalue weighted by Crippen LogP contribution is -1.90. The Labute approximate surface area is 63.8 Å². The summed E-state index contributed by atoms with van der Waals surface area (Å²) in [6, 6.07) is 0. The molecule has 0 aliphatic rings. The Morgan fingerprint density at radius 2 is 2.10 bits per heavy atom. The first kappa shape index (κ1) is 7.48. The monoisotopic (exact) mass is 159 g/mol. The molecule has 1 aromatic heterocycles. The van der Waals surface area contributed by atoms with Gasteiger partial charge in [0.1, 0.15) is 0 Å². The van der Waals surface area contributed by atoms with Gasteiger partial charge in [-0.1, -0.05) is 11.6 Å². The van der Waals surface area contributed by atoms with E-state index in [9.17, 15) is 4.39 Å². The van der Waals surface area contributed by atoms with E-state index >= 15 is 0 Å². The van der Waals surface area contributed by atoms with E-state index in [0.29, 0.717) is 5.56 Å². The summed E-state index contributed by atoms with van der Waals surface area (Å²) >= 11 is 5.57. The van der Waals surface area contributed by atoms with Crippen molar-refractivity contribution < 1.29 is 4.39 Å². The molecule has 1 rings (SSSR count). The van der Waals surface area contributed by atoms with Gasteiger partial charge in [-0.05, 0) is 19.4 Å². The van der Waals surface area contributed by atoms with Crippen LogP contribution in [0.15, 0.2) is 6.20 Å². The molecule has 3 heteroatoms. The Morgan fingerprint density at radius 1 is 1.50 bits per heavy atom. The minimum absolute atomic E-state index is 0.174. The van der Waals surface area contributed by atoms with Crippen LogP contribution in [-0.4, -0.2) is 4.98 Å². The van der Waals surface area contributed by atoms with Gasteiger partial charge in [-0.25, -0.2) is 4.39 Å². The van der Waals surface area contributed by atoms with E-state index in [1.165, 1.54) is 0 Å². The highest BCUT2D eigenvalue weighted by molar-refractivity contribution is 6.31. The van der Waals surface area contributed by atoms with Crippen LogP contribution in [0, 0.1) is 19.7 Å². The van der Waals surface area contributed by atoms with Gasteiger partial charge in [0.2, 0.25) is 0 Å². The number of halogens is 2. The minimum atomic E-state index is -0.454. The predicted molar refractivity (Wildman–Crippen MR) is 38.7 cm³/mol. The maximum Gasteiger partial charge on any atom is 0.160 e. The van der Waals surface area contributed by atoms with Crippen molar-refractivity contribution in [1.29, 1.82) is 0 Å². The lowest BCUT2D eigenvalue weighted by molar-refractivity contribution is 0.619. The fourth-order valence-corrected chi connectivity index (χ4v) is 0.830. The molecule has 0 amide bonds. The molecule has 0 radical (unpaired) electrons. The highest BCUT2D eigenvalue weighted by Gasteiger charge is 2.04. The van der Waals surface area contributed by atoms with Crippen molar-refractivity contribution in [2.24, 2.45) is 0 Å². The number of nitrogens with zero attached hydrogens (tertiary/aromatic N) is 1. The van der Waals surface area contributed by atoms with Crippen molar-refractivity contribution in [2.45, 2.75) is 13.8 Å². The van der Waals surface area contributed by atoms with Gasteiger partial charge in [0.15, 0.2) is 5.82 Å². The number of pyridine rings is 1. The van der Waals surface area contributed by atoms with Gasteiger partial charge in [0.05, 0.1) is 11.2 Å². The molecular weight excluding hydrogens is 153 g/mol. The Bertz CT molecular complexity index is 233. The van der Waals surface area contributed by atoms with Gasteiger partial charge < -0.3 is 0 Å². The maximum absolute atomic E-state index is 12.6. The van der Waals surface area contributed by atoms with Crippen LogP contribution >= 0.6 is 11.6 Å². The van der Waals surface area contributed by atoms with Gasteiger partial charge in [-0.2, -0.15) is 0 Å². The quantitative estimate of drug-likeness (QED) is 0.567. The Balaban J connectivity index is 3.34. The SMILES string of the molecule is Cc1ncc(F)c(Cl)c1C. The van der Waals surface area contributed by atoms with E-state index < -0.39 is 5.82 Å². The van der Waals surface area contributed by atoms with E-state index in [1.54, 1.807) is 13.8 Å². The van der Waals surface area contributed by atoms with Crippen molar-refractivity contribution in [3.05, 3.63) is 28.3 Å². The topological polar surface area (TPSA) is 12.9 Å². The zero-order chi connectivity index (χ0) is 7.72. The molecule has 0 aliphatic carbocycles. The Kier molecular flexibility index (Phi) is 1.90. The second kappa shape index (κ2) is 2.54. The first-order chi connectivity index (χ1) is 4.63. The largest absolute Gasteiger partial charge is 0.258 e. The van der Waals surface area contributed by atoms with Crippen LogP contribution in [0.5, 0.6) is 0 Å². The summed E-state index contributed by atoms with van der Waals surface area (Å²) in [4.78, 5) is 3.78. The average molecular weight is 160 g/mol. The number of rotatable bonds is 0. The molecule has 10 heavy (non-hydrogen) atoms. The van der Waals surface area contributed by atoms with Crippen molar-refractivity contribution in [3.8, 4) is 0 Å². The van der Waals surface area contributed by atoms with E-state index in [4.69, 9.17) is 11.6 Å². The average Bonchev–Trinajstić information content (AvgIpc) is 1.93. The number of hydrogen-bond donors (Lipinski definition) is 0. The molecule has 0 aliphatic heterocycles. The summed E-state index contributed by atoms with van der Waals surface area (Å²) in [5.74, 6) is -0.454. The Hall–Kier alpha value is -0.630. The fraction of sp³-hybridized carbons (Fsp3) is 0.286. The van der Waals surface area contributed by atoms with E-state index in [2.05, 4.69) is 4.98 Å². The fourth-order valence-electron chi connectivity index (χ4n) is 0.645. The molecule has 1 heterocycles. The van der Waals surface area contributed by atoms with Gasteiger partial charge in [0.25, 0.3) is 0 Å². The summed E-state index contributed by atoms with van der Waals surface area (Å²) in [5, 5.41) is 0.174. The third kappa shape index (κ3) is 1.12. The molecule has 0 atom stereocenters. The molecule has 0 N–H and O–H groups in total. The molecular formula is C7H7ClFN. The van der Waals surface area contributed by atoms with Crippen LogP contribution in [0.1, 0.15) is 11.3 Å². The second-order valence-electron chi connectivity index (χ2n) is 2.13. The van der Waals surface area contributed by atoms with Crippen molar-refractivity contribution >= 4 is 11.6 Å². The van der Waals surface area contributed by atoms with Gasteiger partial charge in [0, 0.05) is 5.69 Å². The van der Waals surface area contributed by atoms with Crippen molar-refractivity contribution in [1.82, 2.24) is 4.98 Å². The van der Waals surface area contributed by atoms with Crippen LogP contribution in [0.2, 0.25) is 5.02 Å². The minimum Gasteiger partial charge on any atom is -0.258 e. The number of aromatic nitrogens is 1. The third-order valence-electron chi connectivity index (χ3n) is 1.45. The molecule has 1 aromatic rings. The first-order valence-corrected chi connectivity index (χ1v) is 3.28. The lowest BCUT2D eigenvalue weighted by Gasteiger charge is -2.00. The summed E-state index contributed by atoms with van der Waals surface area (Å²) in [7, 11) is 0. The van der Waals surface area contributed by atoms with Gasteiger partial charge >= 0.3 is 0 Å². The van der Waals surface area contributed by atoms with E-state index in [1.807, 2.05) is 0 Å².